The molecule has 0 unspecified atom stereocenters. The van der Waals surface area contributed by atoms with Gasteiger partial charge < -0.3 is 0 Å². The smallest absolute Gasteiger partial charge is 0.00259 e. The van der Waals surface area contributed by atoms with Crippen molar-refractivity contribution in [1.29, 1.82) is 0 Å². The van der Waals surface area contributed by atoms with Crippen LogP contribution < -0.4 is 0 Å². The molecule has 0 aliphatic heterocycles. The van der Waals surface area contributed by atoms with Crippen LogP contribution in [0.3, 0.4) is 0 Å². The number of fused-ring (bicyclic) bond motifs is 5. The molecule has 0 heteroatoms. The number of hydrogen-bond acceptors (Lipinski definition) is 0. The minimum absolute atomic E-state index is 1.17. The summed E-state index contributed by atoms with van der Waals surface area (Å²) in [7, 11) is 0. The van der Waals surface area contributed by atoms with Gasteiger partial charge >= 0.3 is 0 Å². The van der Waals surface area contributed by atoms with Gasteiger partial charge in [-0.2, -0.15) is 0 Å². The molecule has 0 saturated carbocycles. The van der Waals surface area contributed by atoms with Crippen molar-refractivity contribution in [2.75, 3.05) is 0 Å². The zero-order chi connectivity index (χ0) is 11.9. The van der Waals surface area contributed by atoms with Crippen LogP contribution in [-0.2, 0) is 0 Å². The molecule has 0 aromatic heterocycles. The zero-order valence-electron chi connectivity index (χ0n) is 9.77. The summed E-state index contributed by atoms with van der Waals surface area (Å²) in [4.78, 5) is 0. The van der Waals surface area contributed by atoms with Gasteiger partial charge in [-0.15, -0.1) is 0 Å². The zero-order valence-corrected chi connectivity index (χ0v) is 9.77. The molecule has 0 atom stereocenters. The van der Waals surface area contributed by atoms with Gasteiger partial charge in [0.25, 0.3) is 0 Å². The van der Waals surface area contributed by atoms with Crippen LogP contribution in [0.5, 0.6) is 0 Å². The third-order valence-electron chi connectivity index (χ3n) is 3.45. The lowest BCUT2D eigenvalue weighted by molar-refractivity contribution is 1.76. The Morgan fingerprint density at radius 3 is 1.67 bits per heavy atom. The van der Waals surface area contributed by atoms with E-state index in [1.54, 1.807) is 0 Å². The summed E-state index contributed by atoms with van der Waals surface area (Å²) in [5.41, 5.74) is 0. The van der Waals surface area contributed by atoms with Crippen LogP contribution >= 0.6 is 0 Å². The standard InChI is InChI=1S/C18H10/c1-3-7-16-13(5-1)9-11-15-12-10-14-6-2-4-8-17(14)18(15)16/h1-8,11-12H. The fourth-order valence-electron chi connectivity index (χ4n) is 2.61. The first-order chi connectivity index (χ1) is 8.93. The summed E-state index contributed by atoms with van der Waals surface area (Å²) in [6, 6.07) is 27.6. The predicted octanol–water partition coefficient (Wildman–Crippen LogP) is 4.75. The topological polar surface area (TPSA) is 0 Å². The summed E-state index contributed by atoms with van der Waals surface area (Å²) in [6.45, 7) is 0. The van der Waals surface area contributed by atoms with Gasteiger partial charge in [0.2, 0.25) is 0 Å². The van der Waals surface area contributed by atoms with Crippen molar-refractivity contribution in [2.24, 2.45) is 0 Å². The molecule has 0 bridgehead atoms. The fraction of sp³-hybridized carbons (Fsp3) is 0. The molecule has 18 heavy (non-hydrogen) atoms. The Labute approximate surface area is 105 Å². The van der Waals surface area contributed by atoms with Gasteiger partial charge in [0.05, 0.1) is 0 Å². The van der Waals surface area contributed by atoms with Crippen LogP contribution in [0.1, 0.15) is 0 Å². The molecule has 4 aromatic carbocycles. The Balaban J connectivity index is 2.38. The first-order valence-corrected chi connectivity index (χ1v) is 6.06. The molecule has 4 rings (SSSR count). The highest BCUT2D eigenvalue weighted by Crippen LogP contribution is 2.31. The van der Waals surface area contributed by atoms with E-state index in [0.717, 1.165) is 0 Å². The molecule has 0 aliphatic rings. The molecule has 0 N–H and O–H groups in total. The van der Waals surface area contributed by atoms with Crippen molar-refractivity contribution in [2.45, 2.75) is 0 Å². The summed E-state index contributed by atoms with van der Waals surface area (Å²) in [5.74, 6) is 0. The van der Waals surface area contributed by atoms with Gasteiger partial charge in [-0.25, -0.2) is 0 Å². The third-order valence-corrected chi connectivity index (χ3v) is 3.45. The average molecular weight is 226 g/mol. The average Bonchev–Trinajstić information content (AvgIpc) is 2.46. The van der Waals surface area contributed by atoms with E-state index in [4.69, 9.17) is 0 Å². The summed E-state index contributed by atoms with van der Waals surface area (Å²) in [6.07, 6.45) is 0. The van der Waals surface area contributed by atoms with E-state index in [1.165, 1.54) is 32.3 Å². The van der Waals surface area contributed by atoms with Crippen LogP contribution in [0, 0.1) is 12.1 Å². The highest BCUT2D eigenvalue weighted by atomic mass is 14.1. The van der Waals surface area contributed by atoms with Crippen molar-refractivity contribution in [1.82, 2.24) is 0 Å². The van der Waals surface area contributed by atoms with E-state index in [9.17, 15) is 0 Å². The minimum atomic E-state index is 1.17. The van der Waals surface area contributed by atoms with Gasteiger partial charge in [-0.1, -0.05) is 48.5 Å². The van der Waals surface area contributed by atoms with E-state index in [-0.39, 0.29) is 0 Å². The van der Waals surface area contributed by atoms with Gasteiger partial charge in [-0.3, -0.25) is 0 Å². The molecular weight excluding hydrogens is 216 g/mol. The second kappa shape index (κ2) is 3.58. The first-order valence-electron chi connectivity index (χ1n) is 6.06. The van der Waals surface area contributed by atoms with E-state index >= 15 is 0 Å². The number of benzene rings is 4. The lowest BCUT2D eigenvalue weighted by Gasteiger charge is -2.07. The van der Waals surface area contributed by atoms with Gasteiger partial charge in [0, 0.05) is 0 Å². The van der Waals surface area contributed by atoms with Gasteiger partial charge in [0.15, 0.2) is 0 Å². The molecule has 2 radical (unpaired) electrons. The second-order valence-corrected chi connectivity index (χ2v) is 4.50. The Kier molecular flexibility index (Phi) is 1.92. The van der Waals surface area contributed by atoms with Crippen molar-refractivity contribution >= 4 is 32.3 Å². The Bertz CT molecular complexity index is 802. The Morgan fingerprint density at radius 2 is 1.11 bits per heavy atom. The highest BCUT2D eigenvalue weighted by molar-refractivity contribution is 6.19. The first kappa shape index (κ1) is 9.67. The van der Waals surface area contributed by atoms with Gasteiger partial charge in [-0.05, 0) is 56.6 Å². The molecule has 0 aliphatic carbocycles. The monoisotopic (exact) mass is 226 g/mol. The lowest BCUT2D eigenvalue weighted by Crippen LogP contribution is -1.81. The summed E-state index contributed by atoms with van der Waals surface area (Å²) < 4.78 is 0. The van der Waals surface area contributed by atoms with Crippen LogP contribution in [0.2, 0.25) is 0 Å². The van der Waals surface area contributed by atoms with Crippen LogP contribution in [-0.4, -0.2) is 0 Å². The van der Waals surface area contributed by atoms with Crippen molar-refractivity contribution in [3.8, 4) is 0 Å². The summed E-state index contributed by atoms with van der Waals surface area (Å²) >= 11 is 0. The molecule has 4 aromatic rings. The molecule has 0 nitrogen and oxygen atoms in total. The SMILES string of the molecule is [c]1cc2c[c]c3ccccc3c2c2ccccc12. The van der Waals surface area contributed by atoms with E-state index in [2.05, 4.69) is 72.8 Å². The van der Waals surface area contributed by atoms with Crippen molar-refractivity contribution in [3.63, 3.8) is 0 Å². The highest BCUT2D eigenvalue weighted by Gasteiger charge is 2.04. The van der Waals surface area contributed by atoms with E-state index in [1.807, 2.05) is 0 Å². The number of rotatable bonds is 0. The van der Waals surface area contributed by atoms with Gasteiger partial charge in [0.1, 0.15) is 0 Å². The van der Waals surface area contributed by atoms with E-state index in [0.29, 0.717) is 0 Å². The maximum atomic E-state index is 3.34. The fourth-order valence-corrected chi connectivity index (χ4v) is 2.61. The quantitative estimate of drug-likeness (QED) is 0.380. The molecule has 0 spiro atoms. The molecule has 0 fully saturated rings. The third kappa shape index (κ3) is 1.26. The number of hydrogen-bond donors (Lipinski definition) is 0. The molecule has 0 saturated heterocycles. The Hall–Kier alpha value is -2.34. The molecular formula is C18H10. The predicted molar refractivity (Wildman–Crippen MR) is 76.6 cm³/mol. The molecule has 0 amide bonds. The van der Waals surface area contributed by atoms with Crippen molar-refractivity contribution in [3.05, 3.63) is 72.8 Å². The largest absolute Gasteiger partial charge is 0.0616 e. The Morgan fingerprint density at radius 1 is 0.611 bits per heavy atom. The maximum absolute atomic E-state index is 3.34. The normalized spacial score (nSPS) is 11.3. The maximum Gasteiger partial charge on any atom is -0.00259 e. The van der Waals surface area contributed by atoms with Crippen molar-refractivity contribution < 1.29 is 0 Å². The minimum Gasteiger partial charge on any atom is -0.0616 e. The lowest BCUT2D eigenvalue weighted by atomic mass is 9.97. The molecule has 0 heterocycles. The second-order valence-electron chi connectivity index (χ2n) is 4.50. The van der Waals surface area contributed by atoms with Crippen LogP contribution in [0.25, 0.3) is 32.3 Å². The summed E-state index contributed by atoms with van der Waals surface area (Å²) in [5, 5.41) is 7.37. The van der Waals surface area contributed by atoms with Crippen LogP contribution in [0.15, 0.2) is 60.7 Å². The van der Waals surface area contributed by atoms with Crippen LogP contribution in [0.4, 0.5) is 0 Å². The van der Waals surface area contributed by atoms with E-state index < -0.39 is 0 Å². The molecule has 82 valence electrons.